The second-order valence-electron chi connectivity index (χ2n) is 11.2. The minimum absolute atomic E-state index is 0.0629. The Bertz CT molecular complexity index is 1280. The summed E-state index contributed by atoms with van der Waals surface area (Å²) < 4.78 is 15.9. The minimum atomic E-state index is -1.91. The molecule has 3 aliphatic rings. The Morgan fingerprint density at radius 1 is 1.23 bits per heavy atom. The molecule has 0 amide bonds. The molecule has 4 rings (SSSR count). The molecule has 1 aliphatic heterocycles. The van der Waals surface area contributed by atoms with Gasteiger partial charge >= 0.3 is 11.9 Å². The molecule has 0 radical (unpaired) electrons. The summed E-state index contributed by atoms with van der Waals surface area (Å²) in [6.45, 7) is 10.4. The van der Waals surface area contributed by atoms with Gasteiger partial charge in [0.1, 0.15) is 11.5 Å². The summed E-state index contributed by atoms with van der Waals surface area (Å²) >= 11 is 0. The third kappa shape index (κ3) is 3.71. The van der Waals surface area contributed by atoms with Gasteiger partial charge in [-0.25, -0.2) is 0 Å². The zero-order chi connectivity index (χ0) is 29.5. The molecule has 2 saturated carbocycles. The lowest BCUT2D eigenvalue weighted by atomic mass is 9.40. The Kier molecular flexibility index (Phi) is 7.40. The highest BCUT2D eigenvalue weighted by Gasteiger charge is 2.69. The number of aliphatic hydroxyl groups is 1. The van der Waals surface area contributed by atoms with Gasteiger partial charge in [-0.1, -0.05) is 25.2 Å². The van der Waals surface area contributed by atoms with Gasteiger partial charge in [0.05, 0.1) is 31.5 Å². The van der Waals surface area contributed by atoms with Crippen LogP contribution < -0.4 is 0 Å². The van der Waals surface area contributed by atoms with Crippen LogP contribution in [0.3, 0.4) is 0 Å². The third-order valence-electron chi connectivity index (χ3n) is 9.94. The Balaban J connectivity index is 1.91. The molecule has 2 heterocycles. The molecule has 2 aliphatic carbocycles. The number of rotatable bonds is 9. The van der Waals surface area contributed by atoms with Crippen LogP contribution in [0.5, 0.6) is 0 Å². The van der Waals surface area contributed by atoms with Crippen molar-refractivity contribution >= 4 is 42.8 Å². The molecule has 0 spiro atoms. The third-order valence-corrected chi connectivity index (χ3v) is 9.94. The molecule has 1 aromatic rings. The number of furan rings is 1. The number of esters is 2. The highest BCUT2D eigenvalue weighted by Crippen LogP contribution is 2.69. The summed E-state index contributed by atoms with van der Waals surface area (Å²) in [5.41, 5.74) is -4.19. The lowest BCUT2D eigenvalue weighted by molar-refractivity contribution is -0.187. The number of hydrogen-bond acceptors (Lipinski definition) is 11. The number of cyclic esters (lactones) is 1. The van der Waals surface area contributed by atoms with Gasteiger partial charge < -0.3 is 35.2 Å². The number of allylic oxidation sites excluding steroid dienone is 1. The van der Waals surface area contributed by atoms with Crippen molar-refractivity contribution in [2.24, 2.45) is 33.5 Å². The van der Waals surface area contributed by atoms with Crippen molar-refractivity contribution in [3.63, 3.8) is 0 Å². The van der Waals surface area contributed by atoms with E-state index in [0.717, 1.165) is 18.6 Å². The van der Waals surface area contributed by atoms with Crippen LogP contribution in [-0.2, 0) is 23.9 Å². The van der Waals surface area contributed by atoms with Crippen molar-refractivity contribution in [1.82, 2.24) is 0 Å². The van der Waals surface area contributed by atoms with Crippen molar-refractivity contribution in [3.05, 3.63) is 49.0 Å². The van der Waals surface area contributed by atoms with Crippen LogP contribution in [0.4, 0.5) is 0 Å². The van der Waals surface area contributed by atoms with Gasteiger partial charge in [-0.05, 0) is 24.8 Å². The Hall–Kier alpha value is -3.99. The van der Waals surface area contributed by atoms with E-state index in [4.69, 9.17) is 35.5 Å². The van der Waals surface area contributed by atoms with Gasteiger partial charge in [0.25, 0.3) is 0 Å². The maximum absolute atomic E-state index is 13.3. The second-order valence-corrected chi connectivity index (χ2v) is 11.2. The molecule has 0 bridgehead atoms. The van der Waals surface area contributed by atoms with E-state index in [9.17, 15) is 19.5 Å². The monoisotopic (exact) mass is 550 g/mol. The highest BCUT2D eigenvalue weighted by atomic mass is 16.5. The van der Waals surface area contributed by atoms with E-state index in [-0.39, 0.29) is 6.42 Å². The number of nitrogens with one attached hydrogen (secondary N) is 4. The second kappa shape index (κ2) is 10.2. The van der Waals surface area contributed by atoms with E-state index in [2.05, 4.69) is 13.2 Å². The molecule has 5 N–H and O–H groups in total. The maximum Gasteiger partial charge on any atom is 0.312 e. The number of ether oxygens (including phenoxy) is 2. The molecule has 11 nitrogen and oxygen atoms in total. The fourth-order valence-electron chi connectivity index (χ4n) is 7.73. The number of ketones is 1. The number of aliphatic hydroxyl groups excluding tert-OH is 1. The van der Waals surface area contributed by atoms with Crippen LogP contribution in [0.2, 0.25) is 0 Å². The molecule has 7 atom stereocenters. The minimum Gasteiger partial charge on any atom is -0.472 e. The zero-order valence-corrected chi connectivity index (χ0v) is 22.3. The average molecular weight is 551 g/mol. The van der Waals surface area contributed by atoms with Crippen molar-refractivity contribution < 1.29 is 33.4 Å². The molecule has 0 aromatic carbocycles. The average Bonchev–Trinajstić information content (AvgIpc) is 3.46. The van der Waals surface area contributed by atoms with E-state index >= 15 is 0 Å². The van der Waals surface area contributed by atoms with Gasteiger partial charge in [-0.2, -0.15) is 0 Å². The predicted octanol–water partition coefficient (Wildman–Crippen LogP) is 3.82. The van der Waals surface area contributed by atoms with Gasteiger partial charge in [-0.3, -0.25) is 19.8 Å². The molecular weight excluding hydrogens is 516 g/mol. The van der Waals surface area contributed by atoms with Crippen LogP contribution in [0.25, 0.3) is 0 Å². The Morgan fingerprint density at radius 3 is 2.48 bits per heavy atom. The first-order chi connectivity index (χ1) is 19.0. The van der Waals surface area contributed by atoms with E-state index in [0.29, 0.717) is 30.4 Å². The van der Waals surface area contributed by atoms with Crippen LogP contribution in [-0.4, -0.2) is 54.0 Å². The molecule has 2 unspecified atom stereocenters. The summed E-state index contributed by atoms with van der Waals surface area (Å²) in [4.78, 5) is 39.0. The van der Waals surface area contributed by atoms with E-state index in [1.807, 2.05) is 6.92 Å². The van der Waals surface area contributed by atoms with Crippen molar-refractivity contribution in [2.45, 2.75) is 51.2 Å². The lowest BCUT2D eigenvalue weighted by Gasteiger charge is -2.63. The molecule has 1 saturated heterocycles. The van der Waals surface area contributed by atoms with Crippen LogP contribution in [0, 0.1) is 55.1 Å². The Morgan fingerprint density at radius 2 is 1.93 bits per heavy atom. The number of fused-ring (bicyclic) bond motifs is 1. The van der Waals surface area contributed by atoms with Crippen molar-refractivity contribution in [2.75, 3.05) is 0 Å². The van der Waals surface area contributed by atoms with E-state index in [1.54, 1.807) is 12.1 Å². The molecule has 3 fully saturated rings. The summed E-state index contributed by atoms with van der Waals surface area (Å²) in [7, 11) is 0. The SMILES string of the molecule is C=C[C@@]12CCC([C@]3(C=N)C(CC(=O)OC=N)C(C=N)(C=N)C(=O)C[C@@H]3O)C(=C)[C@@]1(C)CC(=O)O[C@H]2c1ccoc1. The first-order valence-electron chi connectivity index (χ1n) is 13.0. The summed E-state index contributed by atoms with van der Waals surface area (Å²) in [6.07, 6.45) is 5.18. The van der Waals surface area contributed by atoms with Crippen LogP contribution in [0.1, 0.15) is 50.7 Å². The number of carbonyl (C=O) groups excluding carboxylic acids is 3. The number of carbonyl (C=O) groups is 3. The van der Waals surface area contributed by atoms with Gasteiger partial charge in [0.15, 0.2) is 12.2 Å². The fraction of sp³-hybridized carbons (Fsp3) is 0.483. The maximum atomic E-state index is 13.3. The summed E-state index contributed by atoms with van der Waals surface area (Å²) in [5, 5.41) is 43.7. The molecule has 1 aromatic heterocycles. The first-order valence-corrected chi connectivity index (χ1v) is 13.0. The largest absolute Gasteiger partial charge is 0.472 e. The number of hydrogen-bond donors (Lipinski definition) is 5. The van der Waals surface area contributed by atoms with Crippen LogP contribution >= 0.6 is 0 Å². The molecular formula is C29H34N4O7. The van der Waals surface area contributed by atoms with Gasteiger partial charge in [-0.15, -0.1) is 6.58 Å². The number of Topliss-reactive ketones (excluding diaryl/α,β-unsaturated/α-hetero) is 1. The smallest absolute Gasteiger partial charge is 0.312 e. The van der Waals surface area contributed by atoms with Gasteiger partial charge in [0.2, 0.25) is 0 Å². The molecule has 40 heavy (non-hydrogen) atoms. The standard InChI is InChI=1S/C29H34N4O7/c1-4-28-7-5-19(17(2)26(28,3)11-24(37)40-25(28)18-6-8-38-12-18)29(15-32)20(9-23(36)39-16-33)27(13-30,14-31)21(34)10-22(29)35/h4,6,8,12-16,19-20,22,25,30-33,35H,1-2,5,7,9-11H2,3H3/t19?,20?,22-,25-,26+,27?,28-,29+/m0/s1. The fourth-order valence-corrected chi connectivity index (χ4v) is 7.73. The zero-order valence-electron chi connectivity index (χ0n) is 22.3. The topological polar surface area (TPSA) is 198 Å². The summed E-state index contributed by atoms with van der Waals surface area (Å²) in [5.74, 6) is -4.02. The summed E-state index contributed by atoms with van der Waals surface area (Å²) in [6, 6.07) is 1.72. The van der Waals surface area contributed by atoms with Crippen LogP contribution in [0.15, 0.2) is 47.8 Å². The molecule has 212 valence electrons. The predicted molar refractivity (Wildman–Crippen MR) is 145 cm³/mol. The van der Waals surface area contributed by atoms with E-state index in [1.165, 1.54) is 12.5 Å². The lowest BCUT2D eigenvalue weighted by Crippen LogP contribution is -2.66. The van der Waals surface area contributed by atoms with Crippen molar-refractivity contribution in [1.29, 1.82) is 21.6 Å². The van der Waals surface area contributed by atoms with Gasteiger partial charge in [0, 0.05) is 52.8 Å². The quantitative estimate of drug-likeness (QED) is 0.133. The highest BCUT2D eigenvalue weighted by molar-refractivity contribution is 6.15. The normalized spacial score (nSPS) is 39.3. The molecule has 11 heteroatoms. The van der Waals surface area contributed by atoms with E-state index < -0.39 is 76.3 Å². The first kappa shape index (κ1) is 29.0. The Labute approximate surface area is 231 Å². The van der Waals surface area contributed by atoms with Crippen molar-refractivity contribution in [3.8, 4) is 0 Å².